The number of rotatable bonds is 2. The van der Waals surface area contributed by atoms with Gasteiger partial charge < -0.3 is 5.11 Å². The summed E-state index contributed by atoms with van der Waals surface area (Å²) in [7, 11) is 0. The van der Waals surface area contributed by atoms with Gasteiger partial charge in [0.2, 0.25) is 0 Å². The highest BCUT2D eigenvalue weighted by Gasteiger charge is 2.43. The molecule has 0 bridgehead atoms. The van der Waals surface area contributed by atoms with Crippen LogP contribution in [0.15, 0.2) is 36.4 Å². The van der Waals surface area contributed by atoms with Crippen molar-refractivity contribution in [2.24, 2.45) is 0 Å². The Bertz CT molecular complexity index is 543. The third kappa shape index (κ3) is 1.41. The number of fused-ring (bicyclic) bond motifs is 1. The van der Waals surface area contributed by atoms with Crippen molar-refractivity contribution in [2.45, 2.75) is 18.3 Å². The van der Waals surface area contributed by atoms with Crippen molar-refractivity contribution in [3.63, 3.8) is 0 Å². The summed E-state index contributed by atoms with van der Waals surface area (Å²) in [4.78, 5) is 0. The van der Waals surface area contributed by atoms with Crippen LogP contribution in [-0.2, 0) is 5.41 Å². The smallest absolute Gasteiger partial charge is 0.123 e. The number of hydrogen-bond donors (Lipinski definition) is 1. The van der Waals surface area contributed by atoms with Gasteiger partial charge >= 0.3 is 0 Å². The average molecular weight is 216 g/mol. The molecular formula is C14H13FO. The Morgan fingerprint density at radius 2 is 1.75 bits per heavy atom. The van der Waals surface area contributed by atoms with Gasteiger partial charge in [-0.15, -0.1) is 0 Å². The molecule has 1 aliphatic carbocycles. The summed E-state index contributed by atoms with van der Waals surface area (Å²) in [5, 5.41) is 11.3. The molecule has 0 saturated heterocycles. The van der Waals surface area contributed by atoms with Gasteiger partial charge in [0.15, 0.2) is 0 Å². The Kier molecular flexibility index (Phi) is 2.01. The fraction of sp³-hybridized carbons (Fsp3) is 0.286. The number of benzene rings is 2. The van der Waals surface area contributed by atoms with E-state index in [9.17, 15) is 9.50 Å². The van der Waals surface area contributed by atoms with Crippen LogP contribution >= 0.6 is 0 Å². The second-order valence-corrected chi connectivity index (χ2v) is 4.64. The van der Waals surface area contributed by atoms with Gasteiger partial charge in [0, 0.05) is 5.41 Å². The van der Waals surface area contributed by atoms with E-state index < -0.39 is 0 Å². The highest BCUT2D eigenvalue weighted by atomic mass is 19.1. The molecule has 0 amide bonds. The van der Waals surface area contributed by atoms with Gasteiger partial charge in [0.1, 0.15) is 5.82 Å². The molecule has 2 aromatic carbocycles. The first kappa shape index (κ1) is 9.79. The van der Waals surface area contributed by atoms with Crippen LogP contribution < -0.4 is 0 Å². The van der Waals surface area contributed by atoms with E-state index in [2.05, 4.69) is 6.07 Å². The van der Waals surface area contributed by atoms with Crippen LogP contribution in [0.5, 0.6) is 0 Å². The van der Waals surface area contributed by atoms with E-state index in [0.717, 1.165) is 23.6 Å². The van der Waals surface area contributed by atoms with E-state index in [4.69, 9.17) is 0 Å². The van der Waals surface area contributed by atoms with Crippen LogP contribution in [0.1, 0.15) is 18.4 Å². The Morgan fingerprint density at radius 3 is 2.44 bits per heavy atom. The Labute approximate surface area is 93.5 Å². The quantitative estimate of drug-likeness (QED) is 0.818. The topological polar surface area (TPSA) is 20.2 Å². The summed E-state index contributed by atoms with van der Waals surface area (Å²) >= 11 is 0. The van der Waals surface area contributed by atoms with Crippen molar-refractivity contribution in [3.05, 3.63) is 47.8 Å². The monoisotopic (exact) mass is 216 g/mol. The zero-order valence-corrected chi connectivity index (χ0v) is 8.91. The summed E-state index contributed by atoms with van der Waals surface area (Å²) < 4.78 is 13.0. The largest absolute Gasteiger partial charge is 0.395 e. The van der Waals surface area contributed by atoms with Crippen LogP contribution in [-0.4, -0.2) is 11.7 Å². The Balaban J connectivity index is 2.13. The number of halogens is 1. The maximum absolute atomic E-state index is 13.0. The number of aliphatic hydroxyl groups is 1. The molecule has 0 radical (unpaired) electrons. The first-order valence-corrected chi connectivity index (χ1v) is 5.54. The van der Waals surface area contributed by atoms with Crippen LogP contribution in [0.2, 0.25) is 0 Å². The zero-order chi connectivity index (χ0) is 11.2. The van der Waals surface area contributed by atoms with Crippen LogP contribution in [0.25, 0.3) is 10.8 Å². The van der Waals surface area contributed by atoms with Crippen molar-refractivity contribution in [1.82, 2.24) is 0 Å². The summed E-state index contributed by atoms with van der Waals surface area (Å²) in [6.45, 7) is 0.208. The molecule has 82 valence electrons. The first-order valence-electron chi connectivity index (χ1n) is 5.54. The molecule has 1 aliphatic rings. The van der Waals surface area contributed by atoms with Crippen LogP contribution in [0, 0.1) is 5.82 Å². The predicted molar refractivity (Wildman–Crippen MR) is 61.9 cm³/mol. The van der Waals surface area contributed by atoms with Gasteiger partial charge in [-0.05, 0) is 41.3 Å². The molecule has 2 heteroatoms. The molecule has 1 N–H and O–H groups in total. The fourth-order valence-electron chi connectivity index (χ4n) is 2.24. The van der Waals surface area contributed by atoms with Gasteiger partial charge in [-0.3, -0.25) is 0 Å². The predicted octanol–water partition coefficient (Wildman–Crippen LogP) is 3.00. The van der Waals surface area contributed by atoms with Gasteiger partial charge in [-0.25, -0.2) is 4.39 Å². The molecule has 0 aromatic heterocycles. The standard InChI is InChI=1S/C14H13FO/c15-13-4-2-10-7-12(3-1-11(10)8-13)14(9-16)5-6-14/h1-4,7-8,16H,5-6,9H2. The Morgan fingerprint density at radius 1 is 1.06 bits per heavy atom. The third-order valence-electron chi connectivity index (χ3n) is 3.57. The van der Waals surface area contributed by atoms with E-state index in [1.807, 2.05) is 12.1 Å². The van der Waals surface area contributed by atoms with Gasteiger partial charge in [-0.2, -0.15) is 0 Å². The van der Waals surface area contributed by atoms with Gasteiger partial charge in [0.05, 0.1) is 6.61 Å². The molecule has 0 heterocycles. The molecule has 0 atom stereocenters. The molecule has 0 unspecified atom stereocenters. The maximum atomic E-state index is 13.0. The molecule has 16 heavy (non-hydrogen) atoms. The van der Waals surface area contributed by atoms with Crippen LogP contribution in [0.3, 0.4) is 0 Å². The fourth-order valence-corrected chi connectivity index (χ4v) is 2.24. The molecule has 2 aromatic rings. The molecule has 1 saturated carbocycles. The van der Waals surface area contributed by atoms with Crippen molar-refractivity contribution in [1.29, 1.82) is 0 Å². The Hall–Kier alpha value is -1.41. The third-order valence-corrected chi connectivity index (χ3v) is 3.57. The summed E-state index contributed by atoms with van der Waals surface area (Å²) in [6, 6.07) is 10.8. The van der Waals surface area contributed by atoms with Crippen LogP contribution in [0.4, 0.5) is 4.39 Å². The van der Waals surface area contributed by atoms with E-state index in [0.29, 0.717) is 0 Å². The lowest BCUT2D eigenvalue weighted by Crippen LogP contribution is -2.11. The van der Waals surface area contributed by atoms with E-state index in [1.54, 1.807) is 6.07 Å². The van der Waals surface area contributed by atoms with E-state index in [1.165, 1.54) is 17.7 Å². The highest BCUT2D eigenvalue weighted by Crippen LogP contribution is 2.48. The molecule has 1 fully saturated rings. The minimum absolute atomic E-state index is 0.0113. The van der Waals surface area contributed by atoms with Crippen molar-refractivity contribution >= 4 is 10.8 Å². The second kappa shape index (κ2) is 3.29. The lowest BCUT2D eigenvalue weighted by atomic mass is 9.94. The zero-order valence-electron chi connectivity index (χ0n) is 8.91. The van der Waals surface area contributed by atoms with Crippen molar-refractivity contribution in [2.75, 3.05) is 6.61 Å². The second-order valence-electron chi connectivity index (χ2n) is 4.64. The lowest BCUT2D eigenvalue weighted by Gasteiger charge is -2.12. The molecule has 0 aliphatic heterocycles. The van der Waals surface area contributed by atoms with Crippen molar-refractivity contribution in [3.8, 4) is 0 Å². The SMILES string of the molecule is OCC1(c2ccc3cc(F)ccc3c2)CC1. The summed E-state index contributed by atoms with van der Waals surface area (Å²) in [6.07, 6.45) is 2.10. The maximum Gasteiger partial charge on any atom is 0.123 e. The highest BCUT2D eigenvalue weighted by molar-refractivity contribution is 5.83. The lowest BCUT2D eigenvalue weighted by molar-refractivity contribution is 0.255. The number of aliphatic hydroxyl groups excluding tert-OH is 1. The minimum atomic E-state index is -0.205. The van der Waals surface area contributed by atoms with E-state index >= 15 is 0 Å². The minimum Gasteiger partial charge on any atom is -0.395 e. The normalized spacial score (nSPS) is 17.6. The molecular weight excluding hydrogens is 203 g/mol. The summed E-state index contributed by atoms with van der Waals surface area (Å²) in [5.41, 5.74) is 1.16. The molecule has 1 nitrogen and oxygen atoms in total. The van der Waals surface area contributed by atoms with E-state index in [-0.39, 0.29) is 17.8 Å². The van der Waals surface area contributed by atoms with Gasteiger partial charge in [0.25, 0.3) is 0 Å². The summed E-state index contributed by atoms with van der Waals surface area (Å²) in [5.74, 6) is -0.205. The molecule has 0 spiro atoms. The van der Waals surface area contributed by atoms with Crippen molar-refractivity contribution < 1.29 is 9.50 Å². The average Bonchev–Trinajstić information content (AvgIpc) is 3.09. The number of hydrogen-bond acceptors (Lipinski definition) is 1. The molecule has 3 rings (SSSR count). The first-order chi connectivity index (χ1) is 7.73. The van der Waals surface area contributed by atoms with Gasteiger partial charge in [-0.1, -0.05) is 24.3 Å².